The highest BCUT2D eigenvalue weighted by Crippen LogP contribution is 2.23. The quantitative estimate of drug-likeness (QED) is 0.687. The molecule has 0 unspecified atom stereocenters. The van der Waals surface area contributed by atoms with Crippen molar-refractivity contribution in [2.75, 3.05) is 18.0 Å². The fraction of sp³-hybridized carbons (Fsp3) is 0.421. The van der Waals surface area contributed by atoms with Crippen molar-refractivity contribution in [2.45, 2.75) is 40.5 Å². The van der Waals surface area contributed by atoms with Gasteiger partial charge in [-0.1, -0.05) is 38.1 Å². The standard InChI is InChI=1S/C19H25N5/c1-5-11-23(12-6-2)17-13-15(4)20-19-21-18(22-24(17)19)16-10-8-7-9-14(16)3/h7-10,13H,5-6,11-12H2,1-4H3. The number of aromatic nitrogens is 4. The molecule has 0 fully saturated rings. The van der Waals surface area contributed by atoms with Crippen molar-refractivity contribution >= 4 is 11.6 Å². The molecular weight excluding hydrogens is 298 g/mol. The van der Waals surface area contributed by atoms with Gasteiger partial charge in [0.05, 0.1) is 0 Å². The van der Waals surface area contributed by atoms with Crippen LogP contribution in [0.2, 0.25) is 0 Å². The summed E-state index contributed by atoms with van der Waals surface area (Å²) in [6.07, 6.45) is 2.20. The molecular formula is C19H25N5. The molecule has 0 aliphatic carbocycles. The second kappa shape index (κ2) is 6.99. The SMILES string of the molecule is CCCN(CCC)c1cc(C)nc2nc(-c3ccccc3C)nn12. The molecule has 5 heteroatoms. The van der Waals surface area contributed by atoms with Gasteiger partial charge in [-0.05, 0) is 32.3 Å². The Morgan fingerprint density at radius 3 is 2.38 bits per heavy atom. The molecule has 2 aromatic heterocycles. The highest BCUT2D eigenvalue weighted by molar-refractivity contribution is 5.62. The molecule has 0 aliphatic heterocycles. The van der Waals surface area contributed by atoms with Crippen LogP contribution in [0, 0.1) is 13.8 Å². The van der Waals surface area contributed by atoms with Gasteiger partial charge in [0.25, 0.3) is 5.78 Å². The normalized spacial score (nSPS) is 11.2. The van der Waals surface area contributed by atoms with E-state index in [9.17, 15) is 0 Å². The van der Waals surface area contributed by atoms with Gasteiger partial charge >= 0.3 is 0 Å². The smallest absolute Gasteiger partial charge is 0.254 e. The number of hydrogen-bond acceptors (Lipinski definition) is 4. The number of anilines is 1. The minimum atomic E-state index is 0.667. The Morgan fingerprint density at radius 2 is 1.71 bits per heavy atom. The van der Waals surface area contributed by atoms with E-state index in [1.165, 1.54) is 5.56 Å². The fourth-order valence-corrected chi connectivity index (χ4v) is 3.01. The maximum Gasteiger partial charge on any atom is 0.254 e. The lowest BCUT2D eigenvalue weighted by Gasteiger charge is -2.24. The van der Waals surface area contributed by atoms with E-state index in [0.29, 0.717) is 5.78 Å². The predicted octanol–water partition coefficient (Wildman–Crippen LogP) is 4.03. The topological polar surface area (TPSA) is 46.3 Å². The highest BCUT2D eigenvalue weighted by atomic mass is 15.4. The first-order chi connectivity index (χ1) is 11.6. The Labute approximate surface area is 143 Å². The third kappa shape index (κ3) is 3.11. The number of aryl methyl sites for hydroxylation is 2. The Kier molecular flexibility index (Phi) is 4.79. The van der Waals surface area contributed by atoms with Crippen molar-refractivity contribution in [3.05, 3.63) is 41.6 Å². The van der Waals surface area contributed by atoms with Crippen LogP contribution < -0.4 is 4.90 Å². The highest BCUT2D eigenvalue weighted by Gasteiger charge is 2.16. The average Bonchev–Trinajstić information content (AvgIpc) is 2.98. The van der Waals surface area contributed by atoms with Gasteiger partial charge < -0.3 is 4.90 Å². The van der Waals surface area contributed by atoms with Crippen molar-refractivity contribution in [1.29, 1.82) is 0 Å². The molecule has 0 amide bonds. The molecule has 0 spiro atoms. The van der Waals surface area contributed by atoms with Crippen LogP contribution in [0.5, 0.6) is 0 Å². The van der Waals surface area contributed by atoms with E-state index in [1.54, 1.807) is 0 Å². The van der Waals surface area contributed by atoms with Crippen LogP contribution >= 0.6 is 0 Å². The second-order valence-electron chi connectivity index (χ2n) is 6.20. The molecule has 0 saturated carbocycles. The summed E-state index contributed by atoms with van der Waals surface area (Å²) in [6, 6.07) is 10.3. The van der Waals surface area contributed by atoms with Gasteiger partial charge in [0.2, 0.25) is 0 Å². The Bertz CT molecular complexity index is 831. The van der Waals surface area contributed by atoms with E-state index in [4.69, 9.17) is 5.10 Å². The number of rotatable bonds is 6. The number of hydrogen-bond donors (Lipinski definition) is 0. The minimum Gasteiger partial charge on any atom is -0.356 e. The molecule has 0 aliphatic rings. The monoisotopic (exact) mass is 323 g/mol. The molecule has 3 aromatic rings. The minimum absolute atomic E-state index is 0.667. The molecule has 3 rings (SSSR count). The van der Waals surface area contributed by atoms with E-state index in [2.05, 4.69) is 53.8 Å². The molecule has 1 aromatic carbocycles. The van der Waals surface area contributed by atoms with Gasteiger partial charge in [-0.2, -0.15) is 9.50 Å². The summed E-state index contributed by atoms with van der Waals surface area (Å²) in [5.74, 6) is 2.48. The zero-order valence-electron chi connectivity index (χ0n) is 15.0. The molecule has 0 atom stereocenters. The summed E-state index contributed by atoms with van der Waals surface area (Å²) in [7, 11) is 0. The van der Waals surface area contributed by atoms with Crippen molar-refractivity contribution in [2.24, 2.45) is 0 Å². The molecule has 2 heterocycles. The maximum atomic E-state index is 4.77. The molecule has 0 N–H and O–H groups in total. The van der Waals surface area contributed by atoms with Gasteiger partial charge in [0, 0.05) is 30.4 Å². The van der Waals surface area contributed by atoms with Crippen LogP contribution in [0.3, 0.4) is 0 Å². The summed E-state index contributed by atoms with van der Waals surface area (Å²) in [6.45, 7) is 10.5. The molecule has 0 saturated heterocycles. The first kappa shape index (κ1) is 16.4. The van der Waals surface area contributed by atoms with Gasteiger partial charge in [0.1, 0.15) is 5.82 Å². The number of fused-ring (bicyclic) bond motifs is 1. The molecule has 0 radical (unpaired) electrons. The average molecular weight is 323 g/mol. The van der Waals surface area contributed by atoms with Gasteiger partial charge in [-0.3, -0.25) is 0 Å². The lowest BCUT2D eigenvalue weighted by Crippen LogP contribution is -2.27. The predicted molar refractivity (Wildman–Crippen MR) is 98.5 cm³/mol. The van der Waals surface area contributed by atoms with E-state index in [1.807, 2.05) is 23.6 Å². The van der Waals surface area contributed by atoms with E-state index in [-0.39, 0.29) is 0 Å². The summed E-state index contributed by atoms with van der Waals surface area (Å²) < 4.78 is 1.89. The van der Waals surface area contributed by atoms with Crippen LogP contribution in [-0.4, -0.2) is 32.7 Å². The maximum absolute atomic E-state index is 4.77. The van der Waals surface area contributed by atoms with E-state index < -0.39 is 0 Å². The molecule has 5 nitrogen and oxygen atoms in total. The van der Waals surface area contributed by atoms with Gasteiger partial charge in [-0.25, -0.2) is 4.98 Å². The molecule has 0 bridgehead atoms. The van der Waals surface area contributed by atoms with Gasteiger partial charge in [0.15, 0.2) is 5.82 Å². The Balaban J connectivity index is 2.15. The zero-order valence-corrected chi connectivity index (χ0v) is 15.0. The zero-order chi connectivity index (χ0) is 17.1. The van der Waals surface area contributed by atoms with E-state index in [0.717, 1.165) is 48.8 Å². The number of benzene rings is 1. The van der Waals surface area contributed by atoms with Crippen LogP contribution in [0.25, 0.3) is 17.2 Å². The Hall–Kier alpha value is -2.43. The van der Waals surface area contributed by atoms with E-state index >= 15 is 0 Å². The summed E-state index contributed by atoms with van der Waals surface area (Å²) in [5, 5.41) is 4.77. The second-order valence-corrected chi connectivity index (χ2v) is 6.20. The van der Waals surface area contributed by atoms with Crippen LogP contribution in [0.4, 0.5) is 5.82 Å². The van der Waals surface area contributed by atoms with Crippen LogP contribution in [-0.2, 0) is 0 Å². The largest absolute Gasteiger partial charge is 0.356 e. The third-order valence-electron chi connectivity index (χ3n) is 4.12. The summed E-state index contributed by atoms with van der Waals surface area (Å²) >= 11 is 0. The first-order valence-electron chi connectivity index (χ1n) is 8.69. The van der Waals surface area contributed by atoms with Crippen LogP contribution in [0.1, 0.15) is 37.9 Å². The lowest BCUT2D eigenvalue weighted by molar-refractivity contribution is 0.714. The summed E-state index contributed by atoms with van der Waals surface area (Å²) in [5.41, 5.74) is 3.20. The first-order valence-corrected chi connectivity index (χ1v) is 8.69. The van der Waals surface area contributed by atoms with Crippen molar-refractivity contribution < 1.29 is 0 Å². The fourth-order valence-electron chi connectivity index (χ4n) is 3.01. The number of nitrogens with zero attached hydrogens (tertiary/aromatic N) is 5. The Morgan fingerprint density at radius 1 is 1.00 bits per heavy atom. The van der Waals surface area contributed by atoms with Crippen molar-refractivity contribution in [1.82, 2.24) is 19.6 Å². The van der Waals surface area contributed by atoms with Gasteiger partial charge in [-0.15, -0.1) is 5.10 Å². The van der Waals surface area contributed by atoms with Crippen molar-refractivity contribution in [3.8, 4) is 11.4 Å². The molecule has 126 valence electrons. The third-order valence-corrected chi connectivity index (χ3v) is 4.12. The molecule has 24 heavy (non-hydrogen) atoms. The lowest BCUT2D eigenvalue weighted by atomic mass is 10.1. The van der Waals surface area contributed by atoms with Crippen LogP contribution in [0.15, 0.2) is 30.3 Å². The summed E-state index contributed by atoms with van der Waals surface area (Å²) in [4.78, 5) is 11.6. The van der Waals surface area contributed by atoms with Crippen molar-refractivity contribution in [3.63, 3.8) is 0 Å².